The van der Waals surface area contributed by atoms with Crippen LogP contribution >= 0.6 is 0 Å². The van der Waals surface area contributed by atoms with Crippen LogP contribution in [0.5, 0.6) is 5.75 Å². The highest BCUT2D eigenvalue weighted by molar-refractivity contribution is 5.78. The van der Waals surface area contributed by atoms with Gasteiger partial charge < -0.3 is 10.1 Å². The molecule has 7 heteroatoms. The molecule has 0 saturated heterocycles. The van der Waals surface area contributed by atoms with E-state index in [0.717, 1.165) is 31.6 Å². The van der Waals surface area contributed by atoms with Crippen molar-refractivity contribution in [2.45, 2.75) is 51.2 Å². The minimum atomic E-state index is -2.55. The van der Waals surface area contributed by atoms with Crippen molar-refractivity contribution in [3.63, 3.8) is 0 Å². The summed E-state index contributed by atoms with van der Waals surface area (Å²) >= 11 is 0. The Morgan fingerprint density at radius 1 is 1.28 bits per heavy atom. The first-order valence-corrected chi connectivity index (χ1v) is 10.9. The first-order chi connectivity index (χ1) is 15.3. The Morgan fingerprint density at radius 2 is 2.03 bits per heavy atom. The molecule has 2 aromatic carbocycles. The van der Waals surface area contributed by atoms with E-state index in [1.165, 1.54) is 16.7 Å². The van der Waals surface area contributed by atoms with Crippen LogP contribution in [0.15, 0.2) is 42.5 Å². The molecule has 0 bridgehead atoms. The van der Waals surface area contributed by atoms with Crippen molar-refractivity contribution < 1.29 is 18.3 Å². The van der Waals surface area contributed by atoms with E-state index < -0.39 is 11.8 Å². The number of nitrogens with zero attached hydrogens (tertiary/aromatic N) is 2. The number of rotatable bonds is 8. The first-order valence-electron chi connectivity index (χ1n) is 10.9. The summed E-state index contributed by atoms with van der Waals surface area (Å²) in [6.07, 6.45) is 0.692. The van der Waals surface area contributed by atoms with E-state index in [1.807, 2.05) is 43.3 Å². The number of amides is 1. The van der Waals surface area contributed by atoms with Gasteiger partial charge in [-0.25, -0.2) is 8.78 Å². The van der Waals surface area contributed by atoms with Gasteiger partial charge in [0.25, 0.3) is 5.92 Å². The molecule has 2 atom stereocenters. The zero-order chi connectivity index (χ0) is 22.7. The lowest BCUT2D eigenvalue weighted by molar-refractivity contribution is -0.120. The molecule has 1 saturated carbocycles. The van der Waals surface area contributed by atoms with Crippen LogP contribution in [-0.2, 0) is 24.3 Å². The number of alkyl halides is 2. The lowest BCUT2D eigenvalue weighted by atomic mass is 9.98. The van der Waals surface area contributed by atoms with Gasteiger partial charge >= 0.3 is 0 Å². The number of hydrogen-bond acceptors (Lipinski definition) is 4. The standard InChI is InChI=1S/C25H27F2N3O2/c1-17(29-24(31)8-10-28)19-4-2-18(3-5-19)14-30-11-9-20-12-23(7-6-21(20)15-30)32-16-22-13-25(22,26)27/h2-7,12,17,22H,8-9,11,13-16H2,1H3,(H,29,31)/t17?,22-/m0/s1. The zero-order valence-corrected chi connectivity index (χ0v) is 18.1. The van der Waals surface area contributed by atoms with Gasteiger partial charge in [-0.1, -0.05) is 30.3 Å². The Balaban J connectivity index is 1.29. The number of fused-ring (bicyclic) bond motifs is 1. The van der Waals surface area contributed by atoms with Gasteiger partial charge in [0.05, 0.1) is 24.6 Å². The minimum absolute atomic E-state index is 0.0668. The number of halogens is 2. The topological polar surface area (TPSA) is 65.4 Å². The Labute approximate surface area is 187 Å². The van der Waals surface area contributed by atoms with Crippen molar-refractivity contribution in [1.29, 1.82) is 5.26 Å². The number of benzene rings is 2. The van der Waals surface area contributed by atoms with E-state index in [0.29, 0.717) is 5.75 Å². The molecule has 1 aliphatic heterocycles. The lowest BCUT2D eigenvalue weighted by Crippen LogP contribution is -2.30. The second kappa shape index (κ2) is 9.25. The van der Waals surface area contributed by atoms with E-state index in [4.69, 9.17) is 10.00 Å². The van der Waals surface area contributed by atoms with Crippen LogP contribution in [0.2, 0.25) is 0 Å². The largest absolute Gasteiger partial charge is 0.493 e. The van der Waals surface area contributed by atoms with E-state index in [2.05, 4.69) is 22.3 Å². The van der Waals surface area contributed by atoms with Gasteiger partial charge in [-0.2, -0.15) is 5.26 Å². The number of hydrogen-bond donors (Lipinski definition) is 1. The predicted molar refractivity (Wildman–Crippen MR) is 116 cm³/mol. The van der Waals surface area contributed by atoms with Crippen LogP contribution < -0.4 is 10.1 Å². The fraction of sp³-hybridized carbons (Fsp3) is 0.440. The highest BCUT2D eigenvalue weighted by atomic mass is 19.3. The normalized spacial score (nSPS) is 20.0. The highest BCUT2D eigenvalue weighted by Crippen LogP contribution is 2.48. The smallest absolute Gasteiger partial charge is 0.255 e. The van der Waals surface area contributed by atoms with Crippen molar-refractivity contribution >= 4 is 5.91 Å². The summed E-state index contributed by atoms with van der Waals surface area (Å²) in [6, 6.07) is 15.8. The fourth-order valence-electron chi connectivity index (χ4n) is 4.08. The molecule has 0 aromatic heterocycles. The number of carbonyl (C=O) groups excluding carboxylic acids is 1. The number of nitriles is 1. The third-order valence-corrected chi connectivity index (χ3v) is 6.18. The Bertz CT molecular complexity index is 1020. The molecule has 0 spiro atoms. The summed E-state index contributed by atoms with van der Waals surface area (Å²) in [6.45, 7) is 4.55. The van der Waals surface area contributed by atoms with Gasteiger partial charge in [0.1, 0.15) is 12.2 Å². The Kier molecular flexibility index (Phi) is 6.43. The van der Waals surface area contributed by atoms with Gasteiger partial charge in [0, 0.05) is 26.1 Å². The molecular weight excluding hydrogens is 412 g/mol. The Morgan fingerprint density at radius 3 is 2.72 bits per heavy atom. The summed E-state index contributed by atoms with van der Waals surface area (Å²) in [4.78, 5) is 14.0. The third-order valence-electron chi connectivity index (χ3n) is 6.18. The molecule has 4 rings (SSSR count). The number of carbonyl (C=O) groups is 1. The van der Waals surface area contributed by atoms with Crippen molar-refractivity contribution in [3.05, 3.63) is 64.7 Å². The first kappa shape index (κ1) is 22.2. The Hall–Kier alpha value is -2.98. The number of ether oxygens (including phenoxy) is 1. The van der Waals surface area contributed by atoms with Crippen molar-refractivity contribution in [2.24, 2.45) is 5.92 Å². The van der Waals surface area contributed by atoms with Crippen LogP contribution in [0.1, 0.15) is 48.1 Å². The van der Waals surface area contributed by atoms with Gasteiger partial charge in [-0.05, 0) is 47.7 Å². The van der Waals surface area contributed by atoms with E-state index in [-0.39, 0.29) is 31.4 Å². The van der Waals surface area contributed by atoms with Crippen molar-refractivity contribution in [1.82, 2.24) is 10.2 Å². The second-order valence-electron chi connectivity index (χ2n) is 8.73. The molecule has 0 radical (unpaired) electrons. The van der Waals surface area contributed by atoms with Crippen LogP contribution in [-0.4, -0.2) is 29.9 Å². The summed E-state index contributed by atoms with van der Waals surface area (Å²) in [5, 5.41) is 11.4. The maximum atomic E-state index is 13.0. The molecule has 1 amide bonds. The van der Waals surface area contributed by atoms with E-state index >= 15 is 0 Å². The molecule has 2 aromatic rings. The highest BCUT2D eigenvalue weighted by Gasteiger charge is 2.57. The minimum Gasteiger partial charge on any atom is -0.493 e. The quantitative estimate of drug-likeness (QED) is 0.663. The van der Waals surface area contributed by atoms with Crippen LogP contribution in [0, 0.1) is 17.2 Å². The summed E-state index contributed by atoms with van der Waals surface area (Å²) in [5.74, 6) is -2.78. The molecule has 1 heterocycles. The maximum absolute atomic E-state index is 13.0. The van der Waals surface area contributed by atoms with Crippen LogP contribution in [0.25, 0.3) is 0 Å². The van der Waals surface area contributed by atoms with E-state index in [1.54, 1.807) is 0 Å². The molecule has 1 N–H and O–H groups in total. The third kappa shape index (κ3) is 5.43. The number of nitrogens with one attached hydrogen (secondary N) is 1. The molecule has 1 unspecified atom stereocenters. The van der Waals surface area contributed by atoms with Gasteiger partial charge in [0.2, 0.25) is 5.91 Å². The van der Waals surface area contributed by atoms with Crippen molar-refractivity contribution in [2.75, 3.05) is 13.2 Å². The monoisotopic (exact) mass is 439 g/mol. The lowest BCUT2D eigenvalue weighted by Gasteiger charge is -2.29. The SMILES string of the molecule is CC(NC(=O)CC#N)c1ccc(CN2CCc3cc(OC[C@@H]4CC4(F)F)ccc3C2)cc1. The predicted octanol–water partition coefficient (Wildman–Crippen LogP) is 4.37. The van der Waals surface area contributed by atoms with Gasteiger partial charge in [-0.3, -0.25) is 9.69 Å². The van der Waals surface area contributed by atoms with Crippen molar-refractivity contribution in [3.8, 4) is 11.8 Å². The van der Waals surface area contributed by atoms with E-state index in [9.17, 15) is 13.6 Å². The summed E-state index contributed by atoms with van der Waals surface area (Å²) in [5.41, 5.74) is 4.66. The molecule has 5 nitrogen and oxygen atoms in total. The zero-order valence-electron chi connectivity index (χ0n) is 18.1. The molecule has 32 heavy (non-hydrogen) atoms. The molecule has 168 valence electrons. The summed E-state index contributed by atoms with van der Waals surface area (Å²) < 4.78 is 31.6. The molecule has 2 aliphatic rings. The molecule has 1 aliphatic carbocycles. The maximum Gasteiger partial charge on any atom is 0.255 e. The average molecular weight is 440 g/mol. The second-order valence-corrected chi connectivity index (χ2v) is 8.73. The fourth-order valence-corrected chi connectivity index (χ4v) is 4.08. The average Bonchev–Trinajstić information content (AvgIpc) is 3.39. The van der Waals surface area contributed by atoms with Gasteiger partial charge in [0.15, 0.2) is 0 Å². The summed E-state index contributed by atoms with van der Waals surface area (Å²) in [7, 11) is 0. The molecular formula is C25H27F2N3O2. The van der Waals surface area contributed by atoms with Gasteiger partial charge in [-0.15, -0.1) is 0 Å². The molecule has 1 fully saturated rings. The van der Waals surface area contributed by atoms with Crippen LogP contribution in [0.4, 0.5) is 8.78 Å². The van der Waals surface area contributed by atoms with Crippen LogP contribution in [0.3, 0.4) is 0 Å².